The van der Waals surface area contributed by atoms with Crippen molar-refractivity contribution in [1.29, 1.82) is 0 Å². The number of anilines is 1. The Hall–Kier alpha value is -3.30. The molecule has 3 aromatic heterocycles. The number of nitrogens with zero attached hydrogens (tertiary/aromatic N) is 6. The number of fused-ring (bicyclic) bond motifs is 2. The first kappa shape index (κ1) is 17.8. The molecule has 0 aliphatic heterocycles. The van der Waals surface area contributed by atoms with Crippen LogP contribution < -0.4 is 10.5 Å². The Morgan fingerprint density at radius 1 is 1.31 bits per heavy atom. The van der Waals surface area contributed by atoms with Gasteiger partial charge in [0.2, 0.25) is 11.8 Å². The summed E-state index contributed by atoms with van der Waals surface area (Å²) in [4.78, 5) is 4.14. The van der Waals surface area contributed by atoms with Crippen molar-refractivity contribution in [2.75, 3.05) is 19.5 Å². The molecule has 0 radical (unpaired) electrons. The van der Waals surface area contributed by atoms with E-state index in [2.05, 4.69) is 20.4 Å². The number of hydrogen-bond acceptors (Lipinski definition) is 6. The molecule has 3 heterocycles. The highest BCUT2D eigenvalue weighted by Gasteiger charge is 2.32. The normalized spacial score (nSPS) is 14.6. The topological polar surface area (TPSA) is 96.2 Å². The highest BCUT2D eigenvalue weighted by atomic mass is 19.1. The van der Waals surface area contributed by atoms with Gasteiger partial charge in [-0.25, -0.2) is 18.0 Å². The van der Waals surface area contributed by atoms with Crippen LogP contribution in [0.1, 0.15) is 30.9 Å². The lowest BCUT2D eigenvalue weighted by atomic mass is 9.82. The number of halogens is 2. The predicted molar refractivity (Wildman–Crippen MR) is 103 cm³/mol. The van der Waals surface area contributed by atoms with E-state index in [9.17, 15) is 4.39 Å². The van der Waals surface area contributed by atoms with Crippen LogP contribution in [0.5, 0.6) is 5.88 Å². The van der Waals surface area contributed by atoms with E-state index in [4.69, 9.17) is 10.5 Å². The maximum atomic E-state index is 15.8. The number of hydrogen-bond donors (Lipinski definition) is 1. The number of aryl methyl sites for hydroxylation is 1. The molecule has 1 fully saturated rings. The number of nitrogens with two attached hydrogens (primary N) is 1. The standard InChI is InChI=1S/C19H19F2N7O/c1-29-18-17-14(11-5-6-12-13(9-11)27(8-7-20)26-24-12)15(21)16(10-3-2-4-10)28(17)25-19(22)23-18/h5-6,9-10H,2-4,7-8H2,1H3,(H2,22,25). The summed E-state index contributed by atoms with van der Waals surface area (Å²) in [6.07, 6.45) is 2.83. The average molecular weight is 399 g/mol. The molecule has 0 atom stereocenters. The van der Waals surface area contributed by atoms with E-state index in [-0.39, 0.29) is 30.1 Å². The van der Waals surface area contributed by atoms with Crippen molar-refractivity contribution in [2.24, 2.45) is 0 Å². The smallest absolute Gasteiger partial charge is 0.243 e. The van der Waals surface area contributed by atoms with Crippen LogP contribution in [0.25, 0.3) is 27.7 Å². The van der Waals surface area contributed by atoms with Gasteiger partial charge in [-0.2, -0.15) is 4.98 Å². The molecule has 1 saturated carbocycles. The second-order valence-electron chi connectivity index (χ2n) is 7.15. The fraction of sp³-hybridized carbons (Fsp3) is 0.368. The molecule has 8 nitrogen and oxygen atoms in total. The molecule has 4 aromatic rings. The fourth-order valence-electron chi connectivity index (χ4n) is 3.94. The Bertz CT molecular complexity index is 1230. The largest absolute Gasteiger partial charge is 0.479 e. The van der Waals surface area contributed by atoms with Crippen molar-refractivity contribution in [2.45, 2.75) is 31.7 Å². The van der Waals surface area contributed by atoms with Gasteiger partial charge in [0.25, 0.3) is 0 Å². The van der Waals surface area contributed by atoms with Gasteiger partial charge in [-0.1, -0.05) is 17.7 Å². The third-order valence-corrected chi connectivity index (χ3v) is 5.53. The van der Waals surface area contributed by atoms with Gasteiger partial charge in [0.15, 0.2) is 5.82 Å². The van der Waals surface area contributed by atoms with Crippen LogP contribution >= 0.6 is 0 Å². The summed E-state index contributed by atoms with van der Waals surface area (Å²) >= 11 is 0. The van der Waals surface area contributed by atoms with E-state index in [1.165, 1.54) is 16.3 Å². The van der Waals surface area contributed by atoms with Crippen molar-refractivity contribution in [3.8, 4) is 17.0 Å². The second-order valence-corrected chi connectivity index (χ2v) is 7.15. The van der Waals surface area contributed by atoms with Crippen molar-refractivity contribution in [3.63, 3.8) is 0 Å². The van der Waals surface area contributed by atoms with Crippen molar-refractivity contribution < 1.29 is 13.5 Å². The van der Waals surface area contributed by atoms with Gasteiger partial charge < -0.3 is 10.5 Å². The van der Waals surface area contributed by atoms with Gasteiger partial charge in [-0.15, -0.1) is 10.2 Å². The molecule has 10 heteroatoms. The first-order valence-corrected chi connectivity index (χ1v) is 9.43. The number of benzene rings is 1. The lowest BCUT2D eigenvalue weighted by molar-refractivity contribution is 0.385. The molecule has 0 unspecified atom stereocenters. The zero-order valence-corrected chi connectivity index (χ0v) is 15.8. The maximum absolute atomic E-state index is 15.8. The Labute approximate surface area is 164 Å². The lowest BCUT2D eigenvalue weighted by Crippen LogP contribution is -2.15. The molecule has 1 aliphatic rings. The molecule has 150 valence electrons. The Morgan fingerprint density at radius 3 is 2.83 bits per heavy atom. The van der Waals surface area contributed by atoms with Gasteiger partial charge in [0, 0.05) is 5.92 Å². The molecular weight excluding hydrogens is 380 g/mol. The molecule has 0 saturated heterocycles. The highest BCUT2D eigenvalue weighted by Crippen LogP contribution is 2.44. The average Bonchev–Trinajstić information content (AvgIpc) is 3.19. The number of aromatic nitrogens is 6. The van der Waals surface area contributed by atoms with Crippen LogP contribution in [-0.2, 0) is 6.54 Å². The monoisotopic (exact) mass is 399 g/mol. The Balaban J connectivity index is 1.81. The lowest BCUT2D eigenvalue weighted by Gasteiger charge is -2.25. The van der Waals surface area contributed by atoms with Crippen molar-refractivity contribution in [1.82, 2.24) is 29.6 Å². The van der Waals surface area contributed by atoms with Crippen molar-refractivity contribution >= 4 is 22.5 Å². The van der Waals surface area contributed by atoms with Crippen LogP contribution in [0.3, 0.4) is 0 Å². The molecule has 5 rings (SSSR count). The SMILES string of the molecule is COc1nc(N)nn2c(C3CCC3)c(F)c(-c3ccc4nnn(CCF)c4c3)c12. The summed E-state index contributed by atoms with van der Waals surface area (Å²) in [5.41, 5.74) is 8.91. The minimum absolute atomic E-state index is 0.0112. The number of rotatable bonds is 5. The van der Waals surface area contributed by atoms with Gasteiger partial charge in [0.05, 0.1) is 30.4 Å². The van der Waals surface area contributed by atoms with Gasteiger partial charge in [-0.3, -0.25) is 0 Å². The van der Waals surface area contributed by atoms with Crippen LogP contribution in [0.4, 0.5) is 14.7 Å². The summed E-state index contributed by atoms with van der Waals surface area (Å²) in [5.74, 6) is -0.0842. The van der Waals surface area contributed by atoms with Gasteiger partial charge in [0.1, 0.15) is 17.7 Å². The fourth-order valence-corrected chi connectivity index (χ4v) is 3.94. The van der Waals surface area contributed by atoms with Crippen molar-refractivity contribution in [3.05, 3.63) is 29.7 Å². The zero-order valence-electron chi connectivity index (χ0n) is 15.8. The molecule has 1 aromatic carbocycles. The van der Waals surface area contributed by atoms with E-state index in [1.54, 1.807) is 18.2 Å². The summed E-state index contributed by atoms with van der Waals surface area (Å²) in [6.45, 7) is -0.492. The summed E-state index contributed by atoms with van der Waals surface area (Å²) in [7, 11) is 1.46. The van der Waals surface area contributed by atoms with Gasteiger partial charge in [-0.05, 0) is 30.5 Å². The van der Waals surface area contributed by atoms with Crippen LogP contribution in [0.2, 0.25) is 0 Å². The molecule has 29 heavy (non-hydrogen) atoms. The predicted octanol–water partition coefficient (Wildman–Crippen LogP) is 3.11. The molecule has 1 aliphatic carbocycles. The minimum Gasteiger partial charge on any atom is -0.479 e. The van der Waals surface area contributed by atoms with E-state index < -0.39 is 6.67 Å². The summed E-state index contributed by atoms with van der Waals surface area (Å²) < 4.78 is 37.0. The number of alkyl halides is 1. The van der Waals surface area contributed by atoms with E-state index in [1.807, 2.05) is 0 Å². The van der Waals surface area contributed by atoms with E-state index in [0.717, 1.165) is 19.3 Å². The van der Waals surface area contributed by atoms with Crippen LogP contribution in [-0.4, -0.2) is 43.4 Å². The summed E-state index contributed by atoms with van der Waals surface area (Å²) in [6, 6.07) is 5.25. The maximum Gasteiger partial charge on any atom is 0.243 e. The second kappa shape index (κ2) is 6.64. The summed E-state index contributed by atoms with van der Waals surface area (Å²) in [5, 5.41) is 12.3. The first-order chi connectivity index (χ1) is 14.1. The molecule has 0 bridgehead atoms. The van der Waals surface area contributed by atoms with E-state index >= 15 is 4.39 Å². The highest BCUT2D eigenvalue weighted by molar-refractivity contribution is 5.90. The molecular formula is C19H19F2N7O. The minimum atomic E-state index is -0.570. The Kier molecular flexibility index (Phi) is 4.07. The quantitative estimate of drug-likeness (QED) is 0.554. The molecule has 2 N–H and O–H groups in total. The number of methoxy groups -OCH3 is 1. The van der Waals surface area contributed by atoms with E-state index in [0.29, 0.717) is 33.4 Å². The molecule has 0 spiro atoms. The zero-order chi connectivity index (χ0) is 20.1. The first-order valence-electron chi connectivity index (χ1n) is 9.43. The van der Waals surface area contributed by atoms with Crippen LogP contribution in [0, 0.1) is 5.82 Å². The third kappa shape index (κ3) is 2.62. The third-order valence-electron chi connectivity index (χ3n) is 5.53. The number of nitrogen functional groups attached to an aromatic ring is 1. The van der Waals surface area contributed by atoms with Gasteiger partial charge >= 0.3 is 0 Å². The Morgan fingerprint density at radius 2 is 2.14 bits per heavy atom. The molecule has 0 amide bonds. The van der Waals surface area contributed by atoms with Crippen LogP contribution in [0.15, 0.2) is 18.2 Å². The number of ether oxygens (including phenoxy) is 1.